The molecule has 10 nitrogen and oxygen atoms in total. The fourth-order valence-electron chi connectivity index (χ4n) is 7.10. The minimum atomic E-state index is -5.15. The number of carbonyl (C=O) groups is 4. The van der Waals surface area contributed by atoms with Crippen LogP contribution in [0.5, 0.6) is 0 Å². The van der Waals surface area contributed by atoms with E-state index in [2.05, 4.69) is 10.6 Å². The van der Waals surface area contributed by atoms with Crippen LogP contribution in [-0.2, 0) is 19.2 Å². The van der Waals surface area contributed by atoms with Gasteiger partial charge in [0.2, 0.25) is 17.7 Å². The Morgan fingerprint density at radius 1 is 1.15 bits per heavy atom. The Morgan fingerprint density at radius 2 is 1.80 bits per heavy atom. The van der Waals surface area contributed by atoms with Crippen LogP contribution in [0.3, 0.4) is 0 Å². The lowest BCUT2D eigenvalue weighted by atomic mass is 9.80. The molecule has 6 atom stereocenters. The van der Waals surface area contributed by atoms with E-state index in [0.29, 0.717) is 38.6 Å². The fourth-order valence-corrected chi connectivity index (χ4v) is 7.10. The summed E-state index contributed by atoms with van der Waals surface area (Å²) in [4.78, 5) is 54.9. The SMILES string of the molecule is CN(C)C1CCC([C@H](NC(=O)C(F)(F)F)C(=O)N2C[C@H]3[C@@H]([C@H]2C(=O)N[C@H](C#N)C[C@@H]2CCNC2=O)C3(C)C)CC1. The van der Waals surface area contributed by atoms with Crippen LogP contribution in [0.25, 0.3) is 0 Å². The first-order valence-corrected chi connectivity index (χ1v) is 14.0. The molecular weight excluding hydrogens is 529 g/mol. The molecule has 40 heavy (non-hydrogen) atoms. The maximum atomic E-state index is 13.9. The minimum absolute atomic E-state index is 0.0307. The third kappa shape index (κ3) is 5.92. The van der Waals surface area contributed by atoms with E-state index >= 15 is 0 Å². The number of nitriles is 1. The van der Waals surface area contributed by atoms with Crippen LogP contribution in [0.1, 0.15) is 52.4 Å². The second-order valence-electron chi connectivity index (χ2n) is 12.6. The number of hydrogen-bond donors (Lipinski definition) is 3. The highest BCUT2D eigenvalue weighted by Gasteiger charge is 2.69. The van der Waals surface area contributed by atoms with Gasteiger partial charge in [-0.15, -0.1) is 0 Å². The predicted octanol–water partition coefficient (Wildman–Crippen LogP) is 1.17. The van der Waals surface area contributed by atoms with Gasteiger partial charge in [0.15, 0.2) is 0 Å². The van der Waals surface area contributed by atoms with Gasteiger partial charge in [-0.2, -0.15) is 18.4 Å². The van der Waals surface area contributed by atoms with Crippen molar-refractivity contribution in [2.45, 2.75) is 82.7 Å². The van der Waals surface area contributed by atoms with Gasteiger partial charge in [-0.25, -0.2) is 0 Å². The van der Waals surface area contributed by atoms with Crippen molar-refractivity contribution in [3.63, 3.8) is 0 Å². The number of alkyl halides is 3. The summed E-state index contributed by atoms with van der Waals surface area (Å²) in [5.41, 5.74) is -0.263. The molecule has 0 aromatic carbocycles. The summed E-state index contributed by atoms with van der Waals surface area (Å²) in [5, 5.41) is 17.0. The monoisotopic (exact) mass is 568 g/mol. The van der Waals surface area contributed by atoms with Crippen molar-refractivity contribution in [1.82, 2.24) is 25.8 Å². The number of nitrogens with zero attached hydrogens (tertiary/aromatic N) is 3. The van der Waals surface area contributed by atoms with Gasteiger partial charge >= 0.3 is 12.1 Å². The van der Waals surface area contributed by atoms with E-state index in [1.165, 1.54) is 4.90 Å². The molecule has 0 unspecified atom stereocenters. The van der Waals surface area contributed by atoms with Gasteiger partial charge < -0.3 is 25.8 Å². The van der Waals surface area contributed by atoms with Crippen molar-refractivity contribution in [3.8, 4) is 6.07 Å². The van der Waals surface area contributed by atoms with E-state index in [1.807, 2.05) is 44.2 Å². The summed E-state index contributed by atoms with van der Waals surface area (Å²) in [7, 11) is 3.85. The van der Waals surface area contributed by atoms with Gasteiger partial charge in [0.25, 0.3) is 0 Å². The van der Waals surface area contributed by atoms with Gasteiger partial charge in [0, 0.05) is 25.0 Å². The van der Waals surface area contributed by atoms with Crippen LogP contribution in [0.15, 0.2) is 0 Å². The van der Waals surface area contributed by atoms with Gasteiger partial charge in [-0.1, -0.05) is 13.8 Å². The molecule has 0 bridgehead atoms. The Hall–Kier alpha value is -2.88. The Bertz CT molecular complexity index is 1070. The number of rotatable bonds is 8. The largest absolute Gasteiger partial charge is 0.471 e. The number of hydrogen-bond acceptors (Lipinski definition) is 6. The number of amides is 4. The van der Waals surface area contributed by atoms with Crippen molar-refractivity contribution in [1.29, 1.82) is 5.26 Å². The third-order valence-corrected chi connectivity index (χ3v) is 9.67. The van der Waals surface area contributed by atoms with Crippen molar-refractivity contribution < 1.29 is 32.3 Å². The average Bonchev–Trinajstić information content (AvgIpc) is 3.23. The summed E-state index contributed by atoms with van der Waals surface area (Å²) in [6.45, 7) is 4.63. The number of carbonyl (C=O) groups excluding carboxylic acids is 4. The molecule has 3 N–H and O–H groups in total. The molecule has 0 spiro atoms. The van der Waals surface area contributed by atoms with Crippen molar-refractivity contribution in [3.05, 3.63) is 0 Å². The van der Waals surface area contributed by atoms with Crippen LogP contribution in [0, 0.1) is 40.4 Å². The second kappa shape index (κ2) is 11.2. The van der Waals surface area contributed by atoms with E-state index in [4.69, 9.17) is 0 Å². The topological polar surface area (TPSA) is 135 Å². The van der Waals surface area contributed by atoms with E-state index in [9.17, 15) is 37.6 Å². The maximum absolute atomic E-state index is 13.9. The van der Waals surface area contributed by atoms with Gasteiger partial charge in [0.05, 0.1) is 6.07 Å². The highest BCUT2D eigenvalue weighted by atomic mass is 19.4. The molecule has 0 aromatic rings. The third-order valence-electron chi connectivity index (χ3n) is 9.67. The molecule has 13 heteroatoms. The molecule has 2 aliphatic heterocycles. The number of piperidine rings is 1. The summed E-state index contributed by atoms with van der Waals surface area (Å²) in [6, 6.07) is -1.10. The average molecular weight is 569 g/mol. The van der Waals surface area contributed by atoms with E-state index in [0.717, 1.165) is 0 Å². The van der Waals surface area contributed by atoms with Gasteiger partial charge in [-0.05, 0) is 75.8 Å². The zero-order valence-electron chi connectivity index (χ0n) is 23.4. The maximum Gasteiger partial charge on any atom is 0.471 e. The lowest BCUT2D eigenvalue weighted by molar-refractivity contribution is -0.176. The zero-order valence-corrected chi connectivity index (χ0v) is 23.4. The lowest BCUT2D eigenvalue weighted by Crippen LogP contribution is -2.60. The van der Waals surface area contributed by atoms with Crippen LogP contribution in [0.4, 0.5) is 13.2 Å². The van der Waals surface area contributed by atoms with E-state index < -0.39 is 53.9 Å². The summed E-state index contributed by atoms with van der Waals surface area (Å²) >= 11 is 0. The molecule has 4 fully saturated rings. The highest BCUT2D eigenvalue weighted by Crippen LogP contribution is 2.65. The lowest BCUT2D eigenvalue weighted by Gasteiger charge is -2.39. The summed E-state index contributed by atoms with van der Waals surface area (Å²) in [5.74, 6) is -4.78. The van der Waals surface area contributed by atoms with Crippen LogP contribution >= 0.6 is 0 Å². The van der Waals surface area contributed by atoms with E-state index in [1.54, 1.807) is 0 Å². The molecule has 2 saturated carbocycles. The Morgan fingerprint density at radius 3 is 2.33 bits per heavy atom. The molecule has 0 aromatic heterocycles. The number of halogens is 3. The molecular formula is C27H39F3N6O4. The molecule has 222 valence electrons. The molecule has 2 heterocycles. The first kappa shape index (κ1) is 30.1. The van der Waals surface area contributed by atoms with Crippen molar-refractivity contribution >= 4 is 23.6 Å². The van der Waals surface area contributed by atoms with Crippen LogP contribution < -0.4 is 16.0 Å². The molecule has 0 radical (unpaired) electrons. The summed E-state index contributed by atoms with van der Waals surface area (Å²) in [6.07, 6.45) is -2.21. The first-order valence-electron chi connectivity index (χ1n) is 14.0. The number of likely N-dealkylation sites (tertiary alicyclic amines) is 1. The first-order chi connectivity index (χ1) is 18.7. The van der Waals surface area contributed by atoms with Crippen LogP contribution in [0.2, 0.25) is 0 Å². The molecule has 4 aliphatic rings. The molecule has 4 rings (SSSR count). The highest BCUT2D eigenvalue weighted by molar-refractivity contribution is 5.94. The number of fused-ring (bicyclic) bond motifs is 1. The fraction of sp³-hybridized carbons (Fsp3) is 0.815. The quantitative estimate of drug-likeness (QED) is 0.403. The normalized spacial score (nSPS) is 32.5. The van der Waals surface area contributed by atoms with E-state index in [-0.39, 0.29) is 42.2 Å². The molecule has 4 amide bonds. The summed E-state index contributed by atoms with van der Waals surface area (Å²) < 4.78 is 39.8. The van der Waals surface area contributed by atoms with Crippen molar-refractivity contribution in [2.24, 2.45) is 29.1 Å². The van der Waals surface area contributed by atoms with Gasteiger partial charge in [-0.3, -0.25) is 19.2 Å². The Labute approximate surface area is 232 Å². The molecule has 2 aliphatic carbocycles. The zero-order chi connectivity index (χ0) is 29.6. The minimum Gasteiger partial charge on any atom is -0.356 e. The molecule has 2 saturated heterocycles. The van der Waals surface area contributed by atoms with Crippen molar-refractivity contribution in [2.75, 3.05) is 27.2 Å². The standard InChI is InChI=1S/C27H39F3N6O4/c1-26(2)18-13-36(21(19(18)26)23(38)33-16(12-31)11-15-9-10-32-22(15)37)24(39)20(34-25(40)27(28,29)30)14-5-7-17(8-6-14)35(3)4/h14-21H,5-11,13H2,1-4H3,(H,32,37)(H,33,38)(H,34,40)/t14?,15-,16-,17?,18-,19-,20-,21-/m0/s1. The Balaban J connectivity index is 1.54. The van der Waals surface area contributed by atoms with Gasteiger partial charge in [0.1, 0.15) is 18.1 Å². The Kier molecular flexibility index (Phi) is 8.41. The van der Waals surface area contributed by atoms with Crippen LogP contribution in [-0.4, -0.2) is 91.0 Å². The second-order valence-corrected chi connectivity index (χ2v) is 12.6. The number of nitrogens with one attached hydrogen (secondary N) is 3. The smallest absolute Gasteiger partial charge is 0.356 e. The predicted molar refractivity (Wildman–Crippen MR) is 137 cm³/mol.